The molecule has 1 fully saturated rings. The summed E-state index contributed by atoms with van der Waals surface area (Å²) in [4.78, 5) is 19.0. The molecular weight excluding hydrogens is 364 g/mol. The van der Waals surface area contributed by atoms with Crippen LogP contribution in [0.5, 0.6) is 0 Å². The van der Waals surface area contributed by atoms with Crippen LogP contribution >= 0.6 is 11.6 Å². The number of likely N-dealkylation sites (tertiary alicyclic amines) is 1. The van der Waals surface area contributed by atoms with Crippen molar-refractivity contribution in [1.82, 2.24) is 15.0 Å². The normalized spacial score (nSPS) is 16.5. The first-order chi connectivity index (χ1) is 13.1. The number of benzene rings is 2. The number of rotatable bonds is 3. The Morgan fingerprint density at radius 3 is 2.85 bits per heavy atom. The molecule has 7 heteroatoms. The van der Waals surface area contributed by atoms with Gasteiger partial charge in [0.05, 0.1) is 0 Å². The van der Waals surface area contributed by atoms with Crippen LogP contribution in [-0.4, -0.2) is 27.6 Å². The minimum absolute atomic E-state index is 0.199. The molecule has 2 heterocycles. The first-order valence-electron chi connectivity index (χ1n) is 8.84. The molecule has 0 spiro atoms. The summed E-state index contributed by atoms with van der Waals surface area (Å²) in [6.45, 7) is 2.67. The number of aryl methyl sites for hydroxylation is 1. The van der Waals surface area contributed by atoms with E-state index in [9.17, 15) is 4.79 Å². The molecule has 0 bridgehead atoms. The average Bonchev–Trinajstić information content (AvgIpc) is 3.31. The lowest BCUT2D eigenvalue weighted by Gasteiger charge is -2.22. The highest BCUT2D eigenvalue weighted by Gasteiger charge is 2.34. The van der Waals surface area contributed by atoms with Gasteiger partial charge in [-0.15, -0.1) is 0 Å². The molecular formula is C20H19ClN4O2. The molecule has 0 saturated carbocycles. The molecule has 1 unspecified atom stereocenters. The Morgan fingerprint density at radius 2 is 2.07 bits per heavy atom. The van der Waals surface area contributed by atoms with Gasteiger partial charge >= 0.3 is 6.03 Å². The van der Waals surface area contributed by atoms with Crippen molar-refractivity contribution in [3.8, 4) is 11.4 Å². The first-order valence-corrected chi connectivity index (χ1v) is 9.22. The molecule has 3 aromatic rings. The lowest BCUT2D eigenvalue weighted by atomic mass is 10.1. The second-order valence-corrected chi connectivity index (χ2v) is 7.05. The maximum Gasteiger partial charge on any atom is 0.322 e. The van der Waals surface area contributed by atoms with Crippen LogP contribution in [0.1, 0.15) is 30.3 Å². The highest BCUT2D eigenvalue weighted by atomic mass is 35.5. The lowest BCUT2D eigenvalue weighted by molar-refractivity contribution is 0.193. The molecule has 27 heavy (non-hydrogen) atoms. The molecule has 4 rings (SSSR count). The molecule has 1 aliphatic rings. The summed E-state index contributed by atoms with van der Waals surface area (Å²) in [5, 5.41) is 7.54. The number of anilines is 1. The summed E-state index contributed by atoms with van der Waals surface area (Å²) < 4.78 is 5.48. The van der Waals surface area contributed by atoms with Crippen LogP contribution in [-0.2, 0) is 0 Å². The van der Waals surface area contributed by atoms with Gasteiger partial charge in [0, 0.05) is 22.8 Å². The van der Waals surface area contributed by atoms with Crippen LogP contribution < -0.4 is 5.32 Å². The summed E-state index contributed by atoms with van der Waals surface area (Å²) in [6, 6.07) is 14.6. The quantitative estimate of drug-likeness (QED) is 0.686. The van der Waals surface area contributed by atoms with Crippen molar-refractivity contribution >= 4 is 23.3 Å². The van der Waals surface area contributed by atoms with Crippen molar-refractivity contribution in [3.05, 3.63) is 65.0 Å². The van der Waals surface area contributed by atoms with Crippen molar-refractivity contribution in [1.29, 1.82) is 0 Å². The van der Waals surface area contributed by atoms with Crippen LogP contribution in [0.3, 0.4) is 0 Å². The van der Waals surface area contributed by atoms with E-state index in [-0.39, 0.29) is 12.1 Å². The zero-order valence-corrected chi connectivity index (χ0v) is 15.6. The molecule has 6 nitrogen and oxygen atoms in total. The van der Waals surface area contributed by atoms with Crippen molar-refractivity contribution in [2.24, 2.45) is 0 Å². The molecule has 0 radical (unpaired) electrons. The van der Waals surface area contributed by atoms with Gasteiger partial charge < -0.3 is 14.7 Å². The molecule has 2 amide bonds. The summed E-state index contributed by atoms with van der Waals surface area (Å²) in [7, 11) is 0. The Morgan fingerprint density at radius 1 is 1.26 bits per heavy atom. The summed E-state index contributed by atoms with van der Waals surface area (Å²) in [6.07, 6.45) is 1.67. The van der Waals surface area contributed by atoms with E-state index in [2.05, 4.69) is 15.5 Å². The Balaban J connectivity index is 1.51. The molecule has 1 N–H and O–H groups in total. The van der Waals surface area contributed by atoms with E-state index < -0.39 is 0 Å². The van der Waals surface area contributed by atoms with Gasteiger partial charge in [0.2, 0.25) is 11.7 Å². The molecule has 2 aromatic carbocycles. The van der Waals surface area contributed by atoms with E-state index in [1.54, 1.807) is 29.2 Å². The Kier molecular flexibility index (Phi) is 4.81. The van der Waals surface area contributed by atoms with Gasteiger partial charge in [-0.3, -0.25) is 0 Å². The zero-order chi connectivity index (χ0) is 18.8. The maximum atomic E-state index is 12.7. The molecule has 1 atom stereocenters. The number of nitrogens with zero attached hydrogens (tertiary/aromatic N) is 3. The van der Waals surface area contributed by atoms with Crippen LogP contribution in [0.25, 0.3) is 11.4 Å². The average molecular weight is 383 g/mol. The number of urea groups is 1. The second kappa shape index (κ2) is 7.40. The van der Waals surface area contributed by atoms with Crippen molar-refractivity contribution < 1.29 is 9.32 Å². The Bertz CT molecular complexity index is 955. The fourth-order valence-electron chi connectivity index (χ4n) is 3.22. The molecule has 138 valence electrons. The number of hydrogen-bond donors (Lipinski definition) is 1. The zero-order valence-electron chi connectivity index (χ0n) is 14.9. The minimum atomic E-state index is -0.226. The van der Waals surface area contributed by atoms with Crippen LogP contribution in [0, 0.1) is 6.92 Å². The SMILES string of the molecule is Cc1ccc(-c2noc(C3CCCN3C(=O)Nc3cccc(Cl)c3)n2)cc1. The van der Waals surface area contributed by atoms with E-state index in [1.807, 2.05) is 31.2 Å². The van der Waals surface area contributed by atoms with Gasteiger partial charge in [-0.05, 0) is 38.0 Å². The highest BCUT2D eigenvalue weighted by Crippen LogP contribution is 2.32. The van der Waals surface area contributed by atoms with E-state index >= 15 is 0 Å². The number of nitrogens with one attached hydrogen (secondary N) is 1. The number of carbonyl (C=O) groups excluding carboxylic acids is 1. The third-order valence-electron chi connectivity index (χ3n) is 4.63. The number of aromatic nitrogens is 2. The van der Waals surface area contributed by atoms with E-state index in [0.717, 1.165) is 18.4 Å². The first kappa shape index (κ1) is 17.5. The molecule has 1 aromatic heterocycles. The number of halogens is 1. The van der Waals surface area contributed by atoms with Gasteiger partial charge in [0.15, 0.2) is 0 Å². The maximum absolute atomic E-state index is 12.7. The fraction of sp³-hybridized carbons (Fsp3) is 0.250. The topological polar surface area (TPSA) is 71.3 Å². The van der Waals surface area contributed by atoms with E-state index in [1.165, 1.54) is 5.56 Å². The lowest BCUT2D eigenvalue weighted by Crippen LogP contribution is -2.34. The van der Waals surface area contributed by atoms with Crippen LogP contribution in [0.15, 0.2) is 53.1 Å². The van der Waals surface area contributed by atoms with Crippen molar-refractivity contribution in [2.75, 3.05) is 11.9 Å². The molecule has 1 aliphatic heterocycles. The molecule has 1 saturated heterocycles. The fourth-order valence-corrected chi connectivity index (χ4v) is 3.41. The Hall–Kier alpha value is -2.86. The van der Waals surface area contributed by atoms with Crippen LogP contribution in [0.2, 0.25) is 5.02 Å². The summed E-state index contributed by atoms with van der Waals surface area (Å²) in [5.41, 5.74) is 2.72. The monoisotopic (exact) mass is 382 g/mol. The summed E-state index contributed by atoms with van der Waals surface area (Å²) >= 11 is 5.99. The smallest absolute Gasteiger partial charge is 0.322 e. The van der Waals surface area contributed by atoms with Crippen molar-refractivity contribution in [2.45, 2.75) is 25.8 Å². The molecule has 0 aliphatic carbocycles. The van der Waals surface area contributed by atoms with E-state index in [0.29, 0.717) is 29.0 Å². The van der Waals surface area contributed by atoms with E-state index in [4.69, 9.17) is 16.1 Å². The van der Waals surface area contributed by atoms with Gasteiger partial charge in [0.25, 0.3) is 0 Å². The van der Waals surface area contributed by atoms with Gasteiger partial charge in [-0.25, -0.2) is 4.79 Å². The predicted molar refractivity (Wildman–Crippen MR) is 104 cm³/mol. The highest BCUT2D eigenvalue weighted by molar-refractivity contribution is 6.30. The minimum Gasteiger partial charge on any atom is -0.337 e. The largest absolute Gasteiger partial charge is 0.337 e. The van der Waals surface area contributed by atoms with Gasteiger partial charge in [-0.1, -0.05) is 52.7 Å². The van der Waals surface area contributed by atoms with Gasteiger partial charge in [-0.2, -0.15) is 4.98 Å². The number of amides is 2. The third-order valence-corrected chi connectivity index (χ3v) is 4.86. The van der Waals surface area contributed by atoms with Crippen molar-refractivity contribution in [3.63, 3.8) is 0 Å². The van der Waals surface area contributed by atoms with Gasteiger partial charge in [0.1, 0.15) is 6.04 Å². The predicted octanol–water partition coefficient (Wildman–Crippen LogP) is 5.07. The third kappa shape index (κ3) is 3.80. The number of carbonyl (C=O) groups is 1. The standard InChI is InChI=1S/C20H19ClN4O2/c1-13-7-9-14(10-8-13)18-23-19(27-24-18)17-6-3-11-25(17)20(26)22-16-5-2-4-15(21)12-16/h2,4-5,7-10,12,17H,3,6,11H2,1H3,(H,22,26). The second-order valence-electron chi connectivity index (χ2n) is 6.61. The Labute approximate surface area is 162 Å². The van der Waals surface area contributed by atoms with Crippen LogP contribution in [0.4, 0.5) is 10.5 Å². The number of hydrogen-bond acceptors (Lipinski definition) is 4. The summed E-state index contributed by atoms with van der Waals surface area (Å²) in [5.74, 6) is 0.997.